The first-order valence-electron chi connectivity index (χ1n) is 5.38. The van der Waals surface area contributed by atoms with Crippen LogP contribution in [0.15, 0.2) is 36.9 Å². The molecule has 2 rings (SSSR count). The van der Waals surface area contributed by atoms with Crippen molar-refractivity contribution in [2.75, 3.05) is 12.8 Å². The lowest BCUT2D eigenvalue weighted by molar-refractivity contribution is 0.0779. The third kappa shape index (κ3) is 2.79. The Bertz CT molecular complexity index is 526. The van der Waals surface area contributed by atoms with Crippen LogP contribution in [0, 0.1) is 0 Å². The summed E-state index contributed by atoms with van der Waals surface area (Å²) in [6.07, 6.45) is 6.15. The number of aromatic nitrogens is 3. The van der Waals surface area contributed by atoms with E-state index in [1.165, 1.54) is 12.4 Å². The van der Waals surface area contributed by atoms with Crippen LogP contribution in [0.4, 0.5) is 5.82 Å². The molecule has 0 atom stereocenters. The lowest BCUT2D eigenvalue weighted by atomic mass is 10.2. The van der Waals surface area contributed by atoms with E-state index in [4.69, 9.17) is 5.73 Å². The fraction of sp³-hybridized carbons (Fsp3) is 0.167. The molecule has 0 unspecified atom stereocenters. The SMILES string of the molecule is CN(Cc1cccnc1)C(=O)c1cnc(N)cn1. The Labute approximate surface area is 105 Å². The van der Waals surface area contributed by atoms with E-state index in [0.29, 0.717) is 12.4 Å². The molecular formula is C12H13N5O. The molecule has 0 saturated carbocycles. The molecule has 0 aromatic carbocycles. The number of anilines is 1. The maximum absolute atomic E-state index is 12.0. The van der Waals surface area contributed by atoms with Crippen LogP contribution in [-0.4, -0.2) is 32.8 Å². The minimum Gasteiger partial charge on any atom is -0.382 e. The zero-order valence-corrected chi connectivity index (χ0v) is 9.95. The molecule has 1 amide bonds. The highest BCUT2D eigenvalue weighted by Gasteiger charge is 2.13. The Balaban J connectivity index is 2.07. The van der Waals surface area contributed by atoms with E-state index in [-0.39, 0.29) is 11.6 Å². The molecule has 2 aromatic heterocycles. The quantitative estimate of drug-likeness (QED) is 0.858. The average molecular weight is 243 g/mol. The molecule has 6 nitrogen and oxygen atoms in total. The van der Waals surface area contributed by atoms with Gasteiger partial charge < -0.3 is 10.6 Å². The molecule has 92 valence electrons. The third-order valence-corrected chi connectivity index (χ3v) is 2.38. The summed E-state index contributed by atoms with van der Waals surface area (Å²) >= 11 is 0. The second-order valence-electron chi connectivity index (χ2n) is 3.85. The van der Waals surface area contributed by atoms with Crippen LogP contribution in [0.2, 0.25) is 0 Å². The van der Waals surface area contributed by atoms with Crippen LogP contribution in [-0.2, 0) is 6.54 Å². The van der Waals surface area contributed by atoms with Crippen molar-refractivity contribution < 1.29 is 4.79 Å². The number of nitrogens with zero attached hydrogens (tertiary/aromatic N) is 4. The topological polar surface area (TPSA) is 85.0 Å². The summed E-state index contributed by atoms with van der Waals surface area (Å²) in [6, 6.07) is 3.74. The molecule has 2 N–H and O–H groups in total. The molecule has 0 spiro atoms. The molecular weight excluding hydrogens is 230 g/mol. The van der Waals surface area contributed by atoms with E-state index in [9.17, 15) is 4.79 Å². The number of hydrogen-bond donors (Lipinski definition) is 1. The molecule has 0 aliphatic heterocycles. The normalized spacial score (nSPS) is 10.1. The van der Waals surface area contributed by atoms with Gasteiger partial charge in [0.25, 0.3) is 5.91 Å². The number of amides is 1. The molecule has 0 aliphatic carbocycles. The summed E-state index contributed by atoms with van der Waals surface area (Å²) in [6.45, 7) is 0.471. The van der Waals surface area contributed by atoms with Gasteiger partial charge in [0.2, 0.25) is 0 Å². The fourth-order valence-corrected chi connectivity index (χ4v) is 1.48. The summed E-state index contributed by atoms with van der Waals surface area (Å²) in [5, 5.41) is 0. The maximum Gasteiger partial charge on any atom is 0.274 e. The van der Waals surface area contributed by atoms with E-state index < -0.39 is 0 Å². The van der Waals surface area contributed by atoms with Gasteiger partial charge in [0, 0.05) is 26.0 Å². The fourth-order valence-electron chi connectivity index (χ4n) is 1.48. The van der Waals surface area contributed by atoms with Crippen LogP contribution in [0.25, 0.3) is 0 Å². The predicted octanol–water partition coefficient (Wildman–Crippen LogP) is 0.726. The summed E-state index contributed by atoms with van der Waals surface area (Å²) < 4.78 is 0. The van der Waals surface area contributed by atoms with Crippen LogP contribution in [0.3, 0.4) is 0 Å². The van der Waals surface area contributed by atoms with Gasteiger partial charge >= 0.3 is 0 Å². The highest BCUT2D eigenvalue weighted by Crippen LogP contribution is 2.05. The number of hydrogen-bond acceptors (Lipinski definition) is 5. The molecule has 2 aromatic rings. The van der Waals surface area contributed by atoms with Crippen molar-refractivity contribution in [2.24, 2.45) is 0 Å². The largest absolute Gasteiger partial charge is 0.382 e. The second-order valence-corrected chi connectivity index (χ2v) is 3.85. The van der Waals surface area contributed by atoms with E-state index in [1.54, 1.807) is 24.3 Å². The van der Waals surface area contributed by atoms with Crippen LogP contribution < -0.4 is 5.73 Å². The van der Waals surface area contributed by atoms with Gasteiger partial charge in [-0.15, -0.1) is 0 Å². The molecule has 18 heavy (non-hydrogen) atoms. The van der Waals surface area contributed by atoms with Gasteiger partial charge in [0.15, 0.2) is 0 Å². The summed E-state index contributed by atoms with van der Waals surface area (Å²) in [5.41, 5.74) is 6.65. The van der Waals surface area contributed by atoms with Crippen molar-refractivity contribution in [3.05, 3.63) is 48.2 Å². The molecule has 0 fully saturated rings. The van der Waals surface area contributed by atoms with Gasteiger partial charge in [0.1, 0.15) is 11.5 Å². The van der Waals surface area contributed by atoms with Gasteiger partial charge in [-0.3, -0.25) is 9.78 Å². The molecule has 2 heterocycles. The van der Waals surface area contributed by atoms with Gasteiger partial charge in [-0.2, -0.15) is 0 Å². The Hall–Kier alpha value is -2.50. The van der Waals surface area contributed by atoms with E-state index in [0.717, 1.165) is 5.56 Å². The Morgan fingerprint density at radius 2 is 2.17 bits per heavy atom. The van der Waals surface area contributed by atoms with Gasteiger partial charge in [-0.25, -0.2) is 9.97 Å². The summed E-state index contributed by atoms with van der Waals surface area (Å²) in [7, 11) is 1.70. The number of carbonyl (C=O) groups is 1. The van der Waals surface area contributed by atoms with Gasteiger partial charge in [0.05, 0.1) is 12.4 Å². The Morgan fingerprint density at radius 1 is 1.33 bits per heavy atom. The van der Waals surface area contributed by atoms with Gasteiger partial charge in [-0.05, 0) is 11.6 Å². The summed E-state index contributed by atoms with van der Waals surface area (Å²) in [5.74, 6) is 0.0906. The standard InChI is InChI=1S/C12H13N5O/c1-17(8-9-3-2-4-14-5-9)12(18)10-6-16-11(13)7-15-10/h2-7H,8H2,1H3,(H2,13,16). The number of carbonyl (C=O) groups excluding carboxylic acids is 1. The van der Waals surface area contributed by atoms with E-state index >= 15 is 0 Å². The lowest BCUT2D eigenvalue weighted by Gasteiger charge is -2.16. The van der Waals surface area contributed by atoms with Crippen LogP contribution in [0.1, 0.15) is 16.1 Å². The van der Waals surface area contributed by atoms with Gasteiger partial charge in [-0.1, -0.05) is 6.07 Å². The van der Waals surface area contributed by atoms with Crippen molar-refractivity contribution in [3.63, 3.8) is 0 Å². The number of nitrogen functional groups attached to an aromatic ring is 1. The second kappa shape index (κ2) is 5.22. The minimum atomic E-state index is -0.202. The molecule has 6 heteroatoms. The number of nitrogens with two attached hydrogens (primary N) is 1. The average Bonchev–Trinajstić information content (AvgIpc) is 2.40. The van der Waals surface area contributed by atoms with E-state index in [1.807, 2.05) is 12.1 Å². The summed E-state index contributed by atoms with van der Waals surface area (Å²) in [4.78, 5) is 25.4. The van der Waals surface area contributed by atoms with Crippen LogP contribution >= 0.6 is 0 Å². The first-order chi connectivity index (χ1) is 8.66. The molecule has 0 bridgehead atoms. The van der Waals surface area contributed by atoms with Crippen molar-refractivity contribution >= 4 is 11.7 Å². The zero-order valence-electron chi connectivity index (χ0n) is 9.95. The first-order valence-corrected chi connectivity index (χ1v) is 5.38. The number of rotatable bonds is 3. The first kappa shape index (κ1) is 12.0. The predicted molar refractivity (Wildman–Crippen MR) is 66.5 cm³/mol. The maximum atomic E-state index is 12.0. The molecule has 0 radical (unpaired) electrons. The van der Waals surface area contributed by atoms with Crippen molar-refractivity contribution in [3.8, 4) is 0 Å². The highest BCUT2D eigenvalue weighted by molar-refractivity contribution is 5.91. The third-order valence-electron chi connectivity index (χ3n) is 2.38. The van der Waals surface area contributed by atoms with Crippen LogP contribution in [0.5, 0.6) is 0 Å². The van der Waals surface area contributed by atoms with Crippen molar-refractivity contribution in [1.29, 1.82) is 0 Å². The van der Waals surface area contributed by atoms with E-state index in [2.05, 4.69) is 15.0 Å². The monoisotopic (exact) mass is 243 g/mol. The zero-order chi connectivity index (χ0) is 13.0. The minimum absolute atomic E-state index is 0.202. The highest BCUT2D eigenvalue weighted by atomic mass is 16.2. The Kier molecular flexibility index (Phi) is 3.47. The molecule has 0 aliphatic rings. The van der Waals surface area contributed by atoms with Crippen molar-refractivity contribution in [1.82, 2.24) is 19.9 Å². The number of pyridine rings is 1. The Morgan fingerprint density at radius 3 is 2.78 bits per heavy atom. The molecule has 0 saturated heterocycles. The lowest BCUT2D eigenvalue weighted by Crippen LogP contribution is -2.27. The smallest absolute Gasteiger partial charge is 0.274 e. The van der Waals surface area contributed by atoms with Crippen molar-refractivity contribution in [2.45, 2.75) is 6.54 Å².